The Labute approximate surface area is 136 Å². The van der Waals surface area contributed by atoms with Crippen molar-refractivity contribution < 1.29 is 9.47 Å². The first-order valence-electron chi connectivity index (χ1n) is 7.41. The molecule has 0 bridgehead atoms. The maximum atomic E-state index is 6.26. The van der Waals surface area contributed by atoms with Gasteiger partial charge in [0.15, 0.2) is 0 Å². The zero-order valence-corrected chi connectivity index (χ0v) is 15.4. The maximum absolute atomic E-state index is 6.26. The largest absolute Gasteiger partial charge is 0.496 e. The summed E-state index contributed by atoms with van der Waals surface area (Å²) < 4.78 is 12.9. The van der Waals surface area contributed by atoms with E-state index in [0.717, 1.165) is 16.6 Å². The van der Waals surface area contributed by atoms with Crippen LogP contribution in [0.15, 0.2) is 22.7 Å². The van der Waals surface area contributed by atoms with Gasteiger partial charge in [0.2, 0.25) is 0 Å². The second kappa shape index (κ2) is 5.90. The monoisotopic (exact) mass is 355 g/mol. The molecule has 2 atom stereocenters. The van der Waals surface area contributed by atoms with Crippen LogP contribution < -0.4 is 10.1 Å². The van der Waals surface area contributed by atoms with Crippen molar-refractivity contribution in [1.82, 2.24) is 5.32 Å². The molecule has 2 unspecified atom stereocenters. The van der Waals surface area contributed by atoms with Crippen LogP contribution in [0.4, 0.5) is 0 Å². The van der Waals surface area contributed by atoms with Crippen LogP contribution in [-0.4, -0.2) is 25.4 Å². The molecule has 1 heterocycles. The molecule has 21 heavy (non-hydrogen) atoms. The van der Waals surface area contributed by atoms with E-state index in [4.69, 9.17) is 9.47 Å². The van der Waals surface area contributed by atoms with E-state index in [1.165, 1.54) is 5.56 Å². The molecule has 0 amide bonds. The lowest BCUT2D eigenvalue weighted by Crippen LogP contribution is -2.37. The van der Waals surface area contributed by atoms with Gasteiger partial charge in [0.1, 0.15) is 5.75 Å². The second-order valence-electron chi connectivity index (χ2n) is 6.93. The Bertz CT molecular complexity index is 514. The molecule has 2 rings (SSSR count). The highest BCUT2D eigenvalue weighted by atomic mass is 79.9. The minimum atomic E-state index is -0.171. The molecule has 1 aromatic carbocycles. The van der Waals surface area contributed by atoms with E-state index in [1.54, 1.807) is 7.11 Å². The number of hydrogen-bond acceptors (Lipinski definition) is 3. The highest BCUT2D eigenvalue weighted by Crippen LogP contribution is 2.48. The molecule has 1 aromatic rings. The molecule has 3 nitrogen and oxygen atoms in total. The summed E-state index contributed by atoms with van der Waals surface area (Å²) in [5.41, 5.74) is 0.920. The van der Waals surface area contributed by atoms with Gasteiger partial charge in [-0.1, -0.05) is 22.0 Å². The number of rotatable bonds is 4. The lowest BCUT2D eigenvalue weighted by molar-refractivity contribution is -0.0777. The van der Waals surface area contributed by atoms with Crippen molar-refractivity contribution in [3.8, 4) is 5.75 Å². The molecular weight excluding hydrogens is 330 g/mol. The highest BCUT2D eigenvalue weighted by molar-refractivity contribution is 9.10. The fraction of sp³-hybridized carbons (Fsp3) is 0.647. The Balaban J connectivity index is 2.41. The van der Waals surface area contributed by atoms with Gasteiger partial charge in [-0.3, -0.25) is 0 Å². The predicted molar refractivity (Wildman–Crippen MR) is 89.8 cm³/mol. The number of nitrogens with one attached hydrogen (secondary N) is 1. The van der Waals surface area contributed by atoms with Crippen LogP contribution in [0.5, 0.6) is 5.75 Å². The third-order valence-electron chi connectivity index (χ3n) is 4.39. The SMILES string of the molecule is CNC(c1ccc(Br)cc1OC)C1CC(C)(C)OC1(C)C. The summed E-state index contributed by atoms with van der Waals surface area (Å²) in [5.74, 6) is 1.29. The van der Waals surface area contributed by atoms with Gasteiger partial charge in [-0.05, 0) is 53.3 Å². The molecule has 1 saturated heterocycles. The quantitative estimate of drug-likeness (QED) is 0.872. The van der Waals surface area contributed by atoms with Crippen LogP contribution >= 0.6 is 15.9 Å². The van der Waals surface area contributed by atoms with Crippen LogP contribution in [0, 0.1) is 5.92 Å². The fourth-order valence-electron chi connectivity index (χ4n) is 3.64. The van der Waals surface area contributed by atoms with Crippen molar-refractivity contribution in [2.45, 2.75) is 51.4 Å². The smallest absolute Gasteiger partial charge is 0.124 e. The van der Waals surface area contributed by atoms with E-state index >= 15 is 0 Å². The normalized spacial score (nSPS) is 24.8. The van der Waals surface area contributed by atoms with Gasteiger partial charge < -0.3 is 14.8 Å². The number of halogens is 1. The molecular formula is C17H26BrNO2. The van der Waals surface area contributed by atoms with E-state index in [-0.39, 0.29) is 17.2 Å². The third kappa shape index (κ3) is 3.43. The van der Waals surface area contributed by atoms with E-state index in [2.05, 4.69) is 61.1 Å². The fourth-order valence-corrected chi connectivity index (χ4v) is 3.98. The van der Waals surface area contributed by atoms with Crippen LogP contribution in [0.1, 0.15) is 45.7 Å². The van der Waals surface area contributed by atoms with Crippen molar-refractivity contribution in [2.24, 2.45) is 5.92 Å². The van der Waals surface area contributed by atoms with E-state index in [9.17, 15) is 0 Å². The van der Waals surface area contributed by atoms with Crippen molar-refractivity contribution in [1.29, 1.82) is 0 Å². The number of hydrogen-bond donors (Lipinski definition) is 1. The maximum Gasteiger partial charge on any atom is 0.124 e. The van der Waals surface area contributed by atoms with E-state index in [0.29, 0.717) is 5.92 Å². The van der Waals surface area contributed by atoms with Crippen LogP contribution in [0.3, 0.4) is 0 Å². The number of ether oxygens (including phenoxy) is 2. The second-order valence-corrected chi connectivity index (χ2v) is 7.84. The van der Waals surface area contributed by atoms with Crippen molar-refractivity contribution in [3.05, 3.63) is 28.2 Å². The molecule has 0 radical (unpaired) electrons. The van der Waals surface area contributed by atoms with E-state index < -0.39 is 0 Å². The van der Waals surface area contributed by atoms with Crippen LogP contribution in [0.2, 0.25) is 0 Å². The van der Waals surface area contributed by atoms with Gasteiger partial charge in [0.05, 0.1) is 18.3 Å². The van der Waals surface area contributed by atoms with Crippen LogP contribution in [0.25, 0.3) is 0 Å². The van der Waals surface area contributed by atoms with Crippen LogP contribution in [-0.2, 0) is 4.74 Å². The Kier molecular flexibility index (Phi) is 4.72. The molecule has 0 aromatic heterocycles. The molecule has 1 aliphatic heterocycles. The standard InChI is InChI=1S/C17H26BrNO2/c1-16(2)10-13(17(3,4)21-16)15(19-5)12-8-7-11(18)9-14(12)20-6/h7-9,13,15,19H,10H2,1-6H3. The first-order valence-corrected chi connectivity index (χ1v) is 8.20. The molecule has 1 N–H and O–H groups in total. The van der Waals surface area contributed by atoms with Gasteiger partial charge in [-0.2, -0.15) is 0 Å². The van der Waals surface area contributed by atoms with Gasteiger partial charge >= 0.3 is 0 Å². The lowest BCUT2D eigenvalue weighted by Gasteiger charge is -2.33. The van der Waals surface area contributed by atoms with Gasteiger partial charge in [0, 0.05) is 22.0 Å². The highest BCUT2D eigenvalue weighted by Gasteiger charge is 2.49. The van der Waals surface area contributed by atoms with Crippen molar-refractivity contribution in [2.75, 3.05) is 14.2 Å². The molecule has 1 fully saturated rings. The summed E-state index contributed by atoms with van der Waals surface area (Å²) in [7, 11) is 3.73. The number of benzene rings is 1. The first kappa shape index (κ1) is 16.8. The zero-order chi connectivity index (χ0) is 15.8. The summed E-state index contributed by atoms with van der Waals surface area (Å²) in [4.78, 5) is 0. The average molecular weight is 356 g/mol. The molecule has 4 heteroatoms. The van der Waals surface area contributed by atoms with Gasteiger partial charge in [-0.15, -0.1) is 0 Å². The molecule has 0 aliphatic carbocycles. The number of methoxy groups -OCH3 is 1. The average Bonchev–Trinajstić information content (AvgIpc) is 2.60. The molecule has 1 aliphatic rings. The Hall–Kier alpha value is -0.580. The first-order chi connectivity index (χ1) is 9.70. The van der Waals surface area contributed by atoms with Crippen molar-refractivity contribution >= 4 is 15.9 Å². The minimum absolute atomic E-state index is 0.0914. The van der Waals surface area contributed by atoms with Gasteiger partial charge in [0.25, 0.3) is 0 Å². The van der Waals surface area contributed by atoms with Crippen molar-refractivity contribution in [3.63, 3.8) is 0 Å². The Morgan fingerprint density at radius 2 is 2.00 bits per heavy atom. The summed E-state index contributed by atoms with van der Waals surface area (Å²) in [6.45, 7) is 8.70. The zero-order valence-electron chi connectivity index (χ0n) is 13.8. The summed E-state index contributed by atoms with van der Waals surface area (Å²) in [6, 6.07) is 6.42. The topological polar surface area (TPSA) is 30.5 Å². The lowest BCUT2D eigenvalue weighted by atomic mass is 9.78. The minimum Gasteiger partial charge on any atom is -0.496 e. The Morgan fingerprint density at radius 1 is 1.33 bits per heavy atom. The molecule has 118 valence electrons. The van der Waals surface area contributed by atoms with E-state index in [1.807, 2.05) is 13.1 Å². The summed E-state index contributed by atoms with van der Waals surface area (Å²) >= 11 is 3.51. The summed E-state index contributed by atoms with van der Waals surface area (Å²) in [5, 5.41) is 3.47. The predicted octanol–water partition coefficient (Wildman–Crippen LogP) is 4.31. The van der Waals surface area contributed by atoms with Gasteiger partial charge in [-0.25, -0.2) is 0 Å². The molecule has 0 saturated carbocycles. The molecule has 0 spiro atoms. The Morgan fingerprint density at radius 3 is 2.48 bits per heavy atom. The third-order valence-corrected chi connectivity index (χ3v) is 4.88. The summed E-state index contributed by atoms with van der Waals surface area (Å²) in [6.07, 6.45) is 1.02.